The molecule has 120 valence electrons. The summed E-state index contributed by atoms with van der Waals surface area (Å²) in [5.74, 6) is 0.489. The third-order valence-corrected chi connectivity index (χ3v) is 3.81. The molecule has 2 rings (SSSR count). The number of para-hydroxylation sites is 1. The van der Waals surface area contributed by atoms with Crippen molar-refractivity contribution in [3.05, 3.63) is 54.4 Å². The van der Waals surface area contributed by atoms with E-state index in [-0.39, 0.29) is 0 Å². The Bertz CT molecular complexity index is 710. The molecule has 0 saturated heterocycles. The minimum atomic E-state index is 0.489. The second-order valence-electron chi connectivity index (χ2n) is 5.47. The number of benzene rings is 1. The van der Waals surface area contributed by atoms with Gasteiger partial charge < -0.3 is 0 Å². The van der Waals surface area contributed by atoms with E-state index in [9.17, 15) is 0 Å². The molecule has 0 fully saturated rings. The summed E-state index contributed by atoms with van der Waals surface area (Å²) in [6.45, 7) is 10.4. The van der Waals surface area contributed by atoms with Gasteiger partial charge in [0.1, 0.15) is 6.34 Å². The van der Waals surface area contributed by atoms with Crippen molar-refractivity contribution < 1.29 is 0 Å². The van der Waals surface area contributed by atoms with Crippen molar-refractivity contribution in [1.29, 1.82) is 0 Å². The van der Waals surface area contributed by atoms with Crippen molar-refractivity contribution >= 4 is 18.3 Å². The van der Waals surface area contributed by atoms with Gasteiger partial charge in [0.05, 0.1) is 17.6 Å². The van der Waals surface area contributed by atoms with Crippen LogP contribution < -0.4 is 0 Å². The van der Waals surface area contributed by atoms with Crippen LogP contribution in [0.1, 0.15) is 50.7 Å². The molecule has 0 spiro atoms. The molecule has 4 heteroatoms. The topological polar surface area (TPSA) is 42.5 Å². The van der Waals surface area contributed by atoms with E-state index < -0.39 is 0 Å². The molecule has 1 atom stereocenters. The van der Waals surface area contributed by atoms with Gasteiger partial charge >= 0.3 is 0 Å². The molecule has 0 amide bonds. The molecule has 0 aliphatic carbocycles. The van der Waals surface area contributed by atoms with Gasteiger partial charge in [-0.25, -0.2) is 14.7 Å². The molecule has 0 N–H and O–H groups in total. The van der Waals surface area contributed by atoms with Gasteiger partial charge in [-0.15, -0.1) is 0 Å². The highest BCUT2D eigenvalue weighted by Gasteiger charge is 2.11. The second kappa shape index (κ2) is 8.22. The van der Waals surface area contributed by atoms with Gasteiger partial charge in [0.2, 0.25) is 0 Å². The second-order valence-corrected chi connectivity index (χ2v) is 5.47. The molecule has 2 aromatic rings. The summed E-state index contributed by atoms with van der Waals surface area (Å²) in [5.41, 5.74) is 3.96. The lowest BCUT2D eigenvalue weighted by Gasteiger charge is -2.14. The molecule has 23 heavy (non-hydrogen) atoms. The summed E-state index contributed by atoms with van der Waals surface area (Å²) in [4.78, 5) is 8.31. The van der Waals surface area contributed by atoms with Crippen LogP contribution in [0.25, 0.3) is 11.4 Å². The lowest BCUT2D eigenvalue weighted by molar-refractivity contribution is 0.717. The largest absolute Gasteiger partial charge is 0.249 e. The number of aliphatic imine (C=N–C) groups is 2. The zero-order valence-electron chi connectivity index (χ0n) is 14.1. The van der Waals surface area contributed by atoms with Crippen LogP contribution in [-0.2, 0) is 0 Å². The van der Waals surface area contributed by atoms with Gasteiger partial charge in [0.15, 0.2) is 0 Å². The lowest BCUT2D eigenvalue weighted by Crippen LogP contribution is -2.02. The van der Waals surface area contributed by atoms with Crippen LogP contribution in [0.4, 0.5) is 0 Å². The highest BCUT2D eigenvalue weighted by atomic mass is 15.3. The predicted molar refractivity (Wildman–Crippen MR) is 98.6 cm³/mol. The summed E-state index contributed by atoms with van der Waals surface area (Å²) in [5, 5.41) is 4.47. The van der Waals surface area contributed by atoms with Crippen molar-refractivity contribution in [3.8, 4) is 5.69 Å². The Kier molecular flexibility index (Phi) is 6.03. The van der Waals surface area contributed by atoms with Crippen molar-refractivity contribution in [2.75, 3.05) is 0 Å². The highest BCUT2D eigenvalue weighted by Crippen LogP contribution is 2.26. The first-order valence-corrected chi connectivity index (χ1v) is 8.04. The Morgan fingerprint density at radius 1 is 1.35 bits per heavy atom. The van der Waals surface area contributed by atoms with Gasteiger partial charge in [-0.1, -0.05) is 45.5 Å². The number of hydrogen-bond donors (Lipinski definition) is 0. The Morgan fingerprint density at radius 2 is 2.13 bits per heavy atom. The van der Waals surface area contributed by atoms with Crippen LogP contribution >= 0.6 is 0 Å². The Hall–Kier alpha value is -2.49. The number of hydrogen-bond acceptors (Lipinski definition) is 2. The SMILES string of the molecule is C=C(N=CN=CCC)c1cnn(-c2ccccc2C(C)CC)c1. The van der Waals surface area contributed by atoms with Gasteiger partial charge in [0, 0.05) is 18.0 Å². The van der Waals surface area contributed by atoms with E-state index in [0.29, 0.717) is 11.6 Å². The summed E-state index contributed by atoms with van der Waals surface area (Å²) < 4.78 is 1.90. The maximum Gasteiger partial charge on any atom is 0.115 e. The van der Waals surface area contributed by atoms with E-state index in [2.05, 4.69) is 53.7 Å². The normalized spacial score (nSPS) is 13.0. The standard InChI is InChI=1S/C19H24N4/c1-5-11-20-14-21-16(4)17-12-22-23(13-17)19-10-8-7-9-18(19)15(3)6-2/h7-15H,4-6H2,1-3H3. The minimum absolute atomic E-state index is 0.489. The van der Waals surface area contributed by atoms with Gasteiger partial charge in [-0.3, -0.25) is 0 Å². The third kappa shape index (κ3) is 4.25. The lowest BCUT2D eigenvalue weighted by atomic mass is 9.97. The number of aromatic nitrogens is 2. The number of nitrogens with zero attached hydrogens (tertiary/aromatic N) is 4. The summed E-state index contributed by atoms with van der Waals surface area (Å²) in [7, 11) is 0. The van der Waals surface area contributed by atoms with Crippen LogP contribution in [0.2, 0.25) is 0 Å². The fraction of sp³-hybridized carbons (Fsp3) is 0.316. The summed E-state index contributed by atoms with van der Waals surface area (Å²) in [6, 6.07) is 8.37. The highest BCUT2D eigenvalue weighted by molar-refractivity contribution is 5.77. The molecular weight excluding hydrogens is 284 g/mol. The molecular formula is C19H24N4. The van der Waals surface area contributed by atoms with Crippen molar-refractivity contribution in [2.45, 2.75) is 39.5 Å². The van der Waals surface area contributed by atoms with Gasteiger partial charge in [0.25, 0.3) is 0 Å². The Labute approximate surface area is 138 Å². The molecule has 0 saturated carbocycles. The van der Waals surface area contributed by atoms with Crippen molar-refractivity contribution in [1.82, 2.24) is 9.78 Å². The fourth-order valence-corrected chi connectivity index (χ4v) is 2.27. The zero-order chi connectivity index (χ0) is 16.7. The molecule has 0 aliphatic rings. The van der Waals surface area contributed by atoms with Crippen molar-refractivity contribution in [3.63, 3.8) is 0 Å². The summed E-state index contributed by atoms with van der Waals surface area (Å²) >= 11 is 0. The monoisotopic (exact) mass is 308 g/mol. The first-order chi connectivity index (χ1) is 11.2. The van der Waals surface area contributed by atoms with Crippen LogP contribution in [0.15, 0.2) is 53.2 Å². The molecule has 1 aromatic carbocycles. The molecule has 1 unspecified atom stereocenters. The van der Waals surface area contributed by atoms with E-state index in [0.717, 1.165) is 24.1 Å². The molecule has 0 bridgehead atoms. The van der Waals surface area contributed by atoms with E-state index in [1.807, 2.05) is 30.1 Å². The summed E-state index contributed by atoms with van der Waals surface area (Å²) in [6.07, 6.45) is 9.07. The molecule has 4 nitrogen and oxygen atoms in total. The van der Waals surface area contributed by atoms with Gasteiger partial charge in [-0.05, 0) is 30.4 Å². The van der Waals surface area contributed by atoms with Crippen LogP contribution in [0, 0.1) is 0 Å². The van der Waals surface area contributed by atoms with Crippen LogP contribution in [-0.4, -0.2) is 22.3 Å². The van der Waals surface area contributed by atoms with E-state index in [4.69, 9.17) is 0 Å². The Morgan fingerprint density at radius 3 is 2.87 bits per heavy atom. The minimum Gasteiger partial charge on any atom is -0.249 e. The average Bonchev–Trinajstić information content (AvgIpc) is 3.08. The molecule has 1 heterocycles. The molecule has 1 aromatic heterocycles. The quantitative estimate of drug-likeness (QED) is 0.531. The Balaban J connectivity index is 2.25. The van der Waals surface area contributed by atoms with Crippen LogP contribution in [0.3, 0.4) is 0 Å². The maximum absolute atomic E-state index is 4.47. The van der Waals surface area contributed by atoms with Crippen LogP contribution in [0.5, 0.6) is 0 Å². The molecule has 0 radical (unpaired) electrons. The van der Waals surface area contributed by atoms with E-state index in [1.165, 1.54) is 11.9 Å². The zero-order valence-corrected chi connectivity index (χ0v) is 14.1. The van der Waals surface area contributed by atoms with E-state index in [1.54, 1.807) is 6.20 Å². The number of rotatable bonds is 7. The van der Waals surface area contributed by atoms with E-state index >= 15 is 0 Å². The fourth-order valence-electron chi connectivity index (χ4n) is 2.27. The first kappa shape index (κ1) is 16.9. The maximum atomic E-state index is 4.47. The first-order valence-electron chi connectivity index (χ1n) is 8.04. The smallest absolute Gasteiger partial charge is 0.115 e. The predicted octanol–water partition coefficient (Wildman–Crippen LogP) is 4.87. The average molecular weight is 308 g/mol. The van der Waals surface area contributed by atoms with Crippen molar-refractivity contribution in [2.24, 2.45) is 9.98 Å². The van der Waals surface area contributed by atoms with Gasteiger partial charge in [-0.2, -0.15) is 5.10 Å². The third-order valence-electron chi connectivity index (χ3n) is 3.81. The molecule has 0 aliphatic heterocycles.